The largest absolute Gasteiger partial charge is 0.496 e. The highest BCUT2D eigenvalue weighted by atomic mass is 79.9. The Morgan fingerprint density at radius 1 is 1.10 bits per heavy atom. The van der Waals surface area contributed by atoms with Gasteiger partial charge in [0.15, 0.2) is 0 Å². The average Bonchev–Trinajstić information content (AvgIpc) is 2.98. The van der Waals surface area contributed by atoms with Crippen LogP contribution in [0, 0.1) is 5.82 Å². The number of carbonyl (C=O) groups excluding carboxylic acids is 1. The van der Waals surface area contributed by atoms with Gasteiger partial charge in [-0.3, -0.25) is 9.52 Å². The first kappa shape index (κ1) is 21.6. The number of ether oxygens (including phenoxy) is 1. The minimum atomic E-state index is -4.10. The molecule has 1 fully saturated rings. The van der Waals surface area contributed by atoms with Crippen LogP contribution < -0.4 is 9.46 Å². The fraction of sp³-hybridized carbons (Fsp3) is 0.350. The number of likely N-dealkylation sites (tertiary alicyclic amines) is 1. The Bertz CT molecular complexity index is 1010. The maximum atomic E-state index is 14.1. The van der Waals surface area contributed by atoms with Crippen molar-refractivity contribution in [3.8, 4) is 5.75 Å². The second-order valence-electron chi connectivity index (χ2n) is 6.80. The van der Waals surface area contributed by atoms with Gasteiger partial charge in [-0.05, 0) is 49.2 Å². The first-order valence-corrected chi connectivity index (χ1v) is 11.5. The molecular weight excluding hydrogens is 463 g/mol. The molecule has 0 aromatic heterocycles. The molecular formula is C20H22BrFN2O4S. The van der Waals surface area contributed by atoms with E-state index >= 15 is 0 Å². The van der Waals surface area contributed by atoms with Gasteiger partial charge in [0.25, 0.3) is 15.9 Å². The van der Waals surface area contributed by atoms with Crippen molar-refractivity contribution in [1.82, 2.24) is 4.90 Å². The summed E-state index contributed by atoms with van der Waals surface area (Å²) >= 11 is 3.13. The third kappa shape index (κ3) is 5.08. The lowest BCUT2D eigenvalue weighted by atomic mass is 10.1. The van der Waals surface area contributed by atoms with Crippen LogP contribution in [-0.2, 0) is 10.0 Å². The van der Waals surface area contributed by atoms with Crippen molar-refractivity contribution in [3.05, 3.63) is 52.3 Å². The molecule has 2 aromatic carbocycles. The maximum absolute atomic E-state index is 14.1. The summed E-state index contributed by atoms with van der Waals surface area (Å²) in [5.41, 5.74) is -0.00188. The molecule has 0 saturated carbocycles. The number of nitrogens with one attached hydrogen (secondary N) is 1. The predicted octanol–water partition coefficient (Wildman–Crippen LogP) is 4.41. The summed E-state index contributed by atoms with van der Waals surface area (Å²) in [5, 5.41) is 0. The summed E-state index contributed by atoms with van der Waals surface area (Å²) in [4.78, 5) is 14.6. The highest BCUT2D eigenvalue weighted by Gasteiger charge is 2.24. The molecule has 156 valence electrons. The van der Waals surface area contributed by atoms with Gasteiger partial charge in [-0.2, -0.15) is 0 Å². The summed E-state index contributed by atoms with van der Waals surface area (Å²) in [6, 6.07) is 8.08. The van der Waals surface area contributed by atoms with E-state index in [2.05, 4.69) is 20.7 Å². The molecule has 0 aliphatic carbocycles. The van der Waals surface area contributed by atoms with Crippen LogP contribution in [0.2, 0.25) is 0 Å². The molecule has 1 N–H and O–H groups in total. The van der Waals surface area contributed by atoms with Crippen molar-refractivity contribution in [2.45, 2.75) is 30.6 Å². The van der Waals surface area contributed by atoms with Crippen LogP contribution in [0.5, 0.6) is 5.75 Å². The monoisotopic (exact) mass is 484 g/mol. The van der Waals surface area contributed by atoms with Crippen molar-refractivity contribution < 1.29 is 22.3 Å². The van der Waals surface area contributed by atoms with Crippen molar-refractivity contribution in [1.29, 1.82) is 0 Å². The van der Waals surface area contributed by atoms with E-state index in [-0.39, 0.29) is 22.1 Å². The van der Waals surface area contributed by atoms with Crippen molar-refractivity contribution in [2.24, 2.45) is 0 Å². The fourth-order valence-corrected chi connectivity index (χ4v) is 4.67. The summed E-state index contributed by atoms with van der Waals surface area (Å²) < 4.78 is 47.7. The molecule has 1 aliphatic rings. The molecule has 0 bridgehead atoms. The van der Waals surface area contributed by atoms with E-state index in [1.165, 1.54) is 43.5 Å². The first-order chi connectivity index (χ1) is 13.8. The lowest BCUT2D eigenvalue weighted by Crippen LogP contribution is -2.32. The van der Waals surface area contributed by atoms with Crippen LogP contribution in [0.1, 0.15) is 36.0 Å². The molecule has 0 spiro atoms. The molecule has 0 radical (unpaired) electrons. The van der Waals surface area contributed by atoms with Gasteiger partial charge >= 0.3 is 0 Å². The van der Waals surface area contributed by atoms with Gasteiger partial charge < -0.3 is 9.64 Å². The number of benzene rings is 2. The van der Waals surface area contributed by atoms with Gasteiger partial charge in [0, 0.05) is 17.6 Å². The van der Waals surface area contributed by atoms with Crippen molar-refractivity contribution >= 4 is 37.5 Å². The van der Waals surface area contributed by atoms with Crippen LogP contribution in [0.3, 0.4) is 0 Å². The Kier molecular flexibility index (Phi) is 6.79. The van der Waals surface area contributed by atoms with Gasteiger partial charge in [-0.1, -0.05) is 28.8 Å². The number of amides is 1. The summed E-state index contributed by atoms with van der Waals surface area (Å²) in [6.45, 7) is 1.25. The van der Waals surface area contributed by atoms with E-state index in [9.17, 15) is 17.6 Å². The van der Waals surface area contributed by atoms with Gasteiger partial charge in [0.2, 0.25) is 0 Å². The second-order valence-corrected chi connectivity index (χ2v) is 9.40. The molecule has 1 amide bonds. The zero-order chi connectivity index (χ0) is 21.0. The van der Waals surface area contributed by atoms with E-state index in [0.29, 0.717) is 23.3 Å². The van der Waals surface area contributed by atoms with E-state index in [1.807, 2.05) is 0 Å². The van der Waals surface area contributed by atoms with Crippen LogP contribution in [0.25, 0.3) is 0 Å². The Labute approximate surface area is 178 Å². The second kappa shape index (κ2) is 9.13. The van der Waals surface area contributed by atoms with Crippen LogP contribution in [0.15, 0.2) is 45.8 Å². The standard InChI is InChI=1S/C20H22BrFN2O4S/c1-28-19-9-7-15(13-16(19)20(25)24-10-4-2-3-5-11-24)29(26,27)23-18-8-6-14(21)12-17(18)22/h6-9,12-13,23H,2-5,10-11H2,1H3. The number of methoxy groups -OCH3 is 1. The van der Waals surface area contributed by atoms with Gasteiger partial charge in [0.05, 0.1) is 23.3 Å². The Morgan fingerprint density at radius 2 is 1.79 bits per heavy atom. The maximum Gasteiger partial charge on any atom is 0.262 e. The lowest BCUT2D eigenvalue weighted by Gasteiger charge is -2.22. The molecule has 9 heteroatoms. The molecule has 1 heterocycles. The first-order valence-electron chi connectivity index (χ1n) is 9.27. The highest BCUT2D eigenvalue weighted by molar-refractivity contribution is 9.10. The number of rotatable bonds is 5. The Morgan fingerprint density at radius 3 is 2.41 bits per heavy atom. The fourth-order valence-electron chi connectivity index (χ4n) is 3.24. The molecule has 1 saturated heterocycles. The smallest absolute Gasteiger partial charge is 0.262 e. The number of hydrogen-bond acceptors (Lipinski definition) is 4. The highest BCUT2D eigenvalue weighted by Crippen LogP contribution is 2.27. The third-order valence-corrected chi connectivity index (χ3v) is 6.64. The van der Waals surface area contributed by atoms with Gasteiger partial charge in [0.1, 0.15) is 11.6 Å². The van der Waals surface area contributed by atoms with E-state index < -0.39 is 15.8 Å². The van der Waals surface area contributed by atoms with Crippen LogP contribution >= 0.6 is 15.9 Å². The van der Waals surface area contributed by atoms with E-state index in [1.54, 1.807) is 4.90 Å². The third-order valence-electron chi connectivity index (χ3n) is 4.78. The number of carbonyl (C=O) groups is 1. The van der Waals surface area contributed by atoms with Crippen LogP contribution in [0.4, 0.5) is 10.1 Å². The summed E-state index contributed by atoms with van der Waals surface area (Å²) in [6.07, 6.45) is 3.96. The van der Waals surface area contributed by atoms with Crippen molar-refractivity contribution in [2.75, 3.05) is 24.9 Å². The molecule has 29 heavy (non-hydrogen) atoms. The minimum absolute atomic E-state index is 0.140. The van der Waals surface area contributed by atoms with Gasteiger partial charge in [-0.25, -0.2) is 12.8 Å². The summed E-state index contributed by atoms with van der Waals surface area (Å²) in [5.74, 6) is -0.680. The molecule has 6 nitrogen and oxygen atoms in total. The summed E-state index contributed by atoms with van der Waals surface area (Å²) in [7, 11) is -2.67. The quantitative estimate of drug-likeness (QED) is 0.681. The normalized spacial score (nSPS) is 14.9. The Hall–Kier alpha value is -2.13. The predicted molar refractivity (Wildman–Crippen MR) is 112 cm³/mol. The Balaban J connectivity index is 1.93. The number of sulfonamides is 1. The number of anilines is 1. The topological polar surface area (TPSA) is 75.7 Å². The molecule has 3 rings (SSSR count). The van der Waals surface area contributed by atoms with E-state index in [4.69, 9.17) is 4.74 Å². The SMILES string of the molecule is COc1ccc(S(=O)(=O)Nc2ccc(Br)cc2F)cc1C(=O)N1CCCCCC1. The minimum Gasteiger partial charge on any atom is -0.496 e. The van der Waals surface area contributed by atoms with E-state index in [0.717, 1.165) is 25.7 Å². The number of hydrogen-bond donors (Lipinski definition) is 1. The van der Waals surface area contributed by atoms with Crippen LogP contribution in [-0.4, -0.2) is 39.4 Å². The average molecular weight is 485 g/mol. The molecule has 0 unspecified atom stereocenters. The van der Waals surface area contributed by atoms with Crippen molar-refractivity contribution in [3.63, 3.8) is 0 Å². The molecule has 0 atom stereocenters. The lowest BCUT2D eigenvalue weighted by molar-refractivity contribution is 0.0758. The zero-order valence-corrected chi connectivity index (χ0v) is 18.4. The van der Waals surface area contributed by atoms with Gasteiger partial charge in [-0.15, -0.1) is 0 Å². The zero-order valence-electron chi connectivity index (χ0n) is 16.0. The number of nitrogens with zero attached hydrogens (tertiary/aromatic N) is 1. The molecule has 1 aliphatic heterocycles. The number of halogens is 2. The molecule has 2 aromatic rings.